The van der Waals surface area contributed by atoms with Crippen LogP contribution in [0.2, 0.25) is 0 Å². The molecule has 1 N–H and O–H groups in total. The molecule has 0 saturated heterocycles. The second kappa shape index (κ2) is 7.04. The number of benzene rings is 2. The van der Waals surface area contributed by atoms with Crippen molar-refractivity contribution >= 4 is 44.9 Å². The number of rotatable bonds is 5. The van der Waals surface area contributed by atoms with Gasteiger partial charge in [-0.05, 0) is 22.9 Å². The summed E-state index contributed by atoms with van der Waals surface area (Å²) in [6.07, 6.45) is 1.64. The third kappa shape index (κ3) is 3.70. The fraction of sp³-hybridized carbons (Fsp3) is 0.0588. The van der Waals surface area contributed by atoms with Gasteiger partial charge >= 0.3 is 0 Å². The molecule has 0 aliphatic heterocycles. The molecule has 0 aliphatic carbocycles. The Kier molecular flexibility index (Phi) is 4.45. The molecule has 4 aromatic rings. The van der Waals surface area contributed by atoms with Crippen LogP contribution in [-0.2, 0) is 4.79 Å². The maximum atomic E-state index is 11.9. The van der Waals surface area contributed by atoms with Gasteiger partial charge < -0.3 is 9.73 Å². The van der Waals surface area contributed by atoms with Crippen molar-refractivity contribution in [2.75, 3.05) is 11.1 Å². The number of nitrogens with zero attached hydrogens (tertiary/aromatic N) is 3. The first-order chi connectivity index (χ1) is 12.3. The summed E-state index contributed by atoms with van der Waals surface area (Å²) in [6, 6.07) is 14.0. The van der Waals surface area contributed by atoms with E-state index in [4.69, 9.17) is 4.42 Å². The average molecular weight is 368 g/mol. The predicted octanol–water partition coefficient (Wildman–Crippen LogP) is 4.08. The van der Waals surface area contributed by atoms with Crippen LogP contribution in [-0.4, -0.2) is 26.8 Å². The minimum Gasteiger partial charge on any atom is -0.411 e. The van der Waals surface area contributed by atoms with Crippen LogP contribution in [0.4, 0.5) is 5.13 Å². The van der Waals surface area contributed by atoms with E-state index >= 15 is 0 Å². The summed E-state index contributed by atoms with van der Waals surface area (Å²) in [7, 11) is 0. The Morgan fingerprint density at radius 1 is 1.16 bits per heavy atom. The molecule has 6 nitrogen and oxygen atoms in total. The second-order valence-electron chi connectivity index (χ2n) is 5.11. The average Bonchev–Trinajstić information content (AvgIpc) is 3.31. The van der Waals surface area contributed by atoms with Crippen LogP contribution < -0.4 is 5.32 Å². The number of hydrogen-bond donors (Lipinski definition) is 1. The van der Waals surface area contributed by atoms with Crippen molar-refractivity contribution < 1.29 is 9.21 Å². The van der Waals surface area contributed by atoms with Crippen LogP contribution >= 0.6 is 23.1 Å². The number of carbonyl (C=O) groups is 1. The number of thioether (sulfide) groups is 1. The Morgan fingerprint density at radius 3 is 2.88 bits per heavy atom. The summed E-state index contributed by atoms with van der Waals surface area (Å²) >= 11 is 2.57. The van der Waals surface area contributed by atoms with E-state index in [1.807, 2.05) is 36.4 Å². The van der Waals surface area contributed by atoms with Crippen LogP contribution in [0.5, 0.6) is 0 Å². The third-order valence-electron chi connectivity index (χ3n) is 3.41. The standard InChI is InChI=1S/C17H12N4O2S2/c22-14(19-16-18-7-8-24-16)10-25-17-21-20-15(23-17)13-6-5-11-3-1-2-4-12(11)9-13/h1-9H,10H2,(H,18,19,22). The van der Waals surface area contributed by atoms with Crippen molar-refractivity contribution in [3.8, 4) is 11.5 Å². The number of fused-ring (bicyclic) bond motifs is 1. The SMILES string of the molecule is O=C(CSc1nnc(-c2ccc3ccccc3c2)o1)Nc1nccs1. The lowest BCUT2D eigenvalue weighted by molar-refractivity contribution is -0.113. The monoisotopic (exact) mass is 368 g/mol. The lowest BCUT2D eigenvalue weighted by atomic mass is 10.1. The smallest absolute Gasteiger partial charge is 0.277 e. The van der Waals surface area contributed by atoms with Crippen LogP contribution in [0.15, 0.2) is 63.7 Å². The van der Waals surface area contributed by atoms with E-state index in [1.54, 1.807) is 11.6 Å². The van der Waals surface area contributed by atoms with Gasteiger partial charge in [0, 0.05) is 17.1 Å². The number of nitrogens with one attached hydrogen (secondary N) is 1. The van der Waals surface area contributed by atoms with Crippen LogP contribution in [0.3, 0.4) is 0 Å². The fourth-order valence-corrected chi connectivity index (χ4v) is 3.38. The number of thiazole rings is 1. The lowest BCUT2D eigenvalue weighted by Gasteiger charge is -2.00. The van der Waals surface area contributed by atoms with Crippen LogP contribution in [0, 0.1) is 0 Å². The molecular formula is C17H12N4O2S2. The van der Waals surface area contributed by atoms with Crippen molar-refractivity contribution in [3.05, 3.63) is 54.0 Å². The first-order valence-corrected chi connectivity index (χ1v) is 9.29. The van der Waals surface area contributed by atoms with E-state index in [9.17, 15) is 4.79 Å². The number of aromatic nitrogens is 3. The van der Waals surface area contributed by atoms with E-state index < -0.39 is 0 Å². The molecule has 0 aliphatic rings. The number of hydrogen-bond acceptors (Lipinski definition) is 7. The van der Waals surface area contributed by atoms with Crippen molar-refractivity contribution in [2.45, 2.75) is 5.22 Å². The molecule has 2 aromatic carbocycles. The predicted molar refractivity (Wildman–Crippen MR) is 98.7 cm³/mol. The van der Waals surface area contributed by atoms with Crippen molar-refractivity contribution in [3.63, 3.8) is 0 Å². The first kappa shape index (κ1) is 15.8. The van der Waals surface area contributed by atoms with E-state index in [1.165, 1.54) is 23.1 Å². The van der Waals surface area contributed by atoms with Gasteiger partial charge in [-0.25, -0.2) is 4.98 Å². The van der Waals surface area contributed by atoms with Gasteiger partial charge in [0.25, 0.3) is 5.22 Å². The molecule has 0 unspecified atom stereocenters. The summed E-state index contributed by atoms with van der Waals surface area (Å²) in [5, 5.41) is 15.8. The highest BCUT2D eigenvalue weighted by Gasteiger charge is 2.12. The van der Waals surface area contributed by atoms with Crippen molar-refractivity contribution in [1.82, 2.24) is 15.2 Å². The largest absolute Gasteiger partial charge is 0.411 e. The van der Waals surface area contributed by atoms with Crippen LogP contribution in [0.1, 0.15) is 0 Å². The molecule has 1 amide bonds. The zero-order chi connectivity index (χ0) is 17.1. The van der Waals surface area contributed by atoms with Crippen LogP contribution in [0.25, 0.3) is 22.2 Å². The Morgan fingerprint density at radius 2 is 2.04 bits per heavy atom. The zero-order valence-electron chi connectivity index (χ0n) is 12.9. The first-order valence-electron chi connectivity index (χ1n) is 7.43. The molecule has 2 aromatic heterocycles. The number of anilines is 1. The Bertz CT molecular complexity index is 1010. The lowest BCUT2D eigenvalue weighted by Crippen LogP contribution is -2.13. The fourth-order valence-electron chi connectivity index (χ4n) is 2.27. The van der Waals surface area contributed by atoms with Gasteiger partial charge in [-0.3, -0.25) is 4.79 Å². The minimum absolute atomic E-state index is 0.162. The zero-order valence-corrected chi connectivity index (χ0v) is 14.5. The number of carbonyl (C=O) groups excluding carboxylic acids is 1. The highest BCUT2D eigenvalue weighted by molar-refractivity contribution is 7.99. The van der Waals surface area contributed by atoms with Gasteiger partial charge in [0.2, 0.25) is 11.8 Å². The summed E-state index contributed by atoms with van der Waals surface area (Å²) in [5.41, 5.74) is 0.852. The normalized spacial score (nSPS) is 10.9. The summed E-state index contributed by atoms with van der Waals surface area (Å²) in [5.74, 6) is 0.456. The van der Waals surface area contributed by atoms with Gasteiger partial charge in [0.05, 0.1) is 5.75 Å². The van der Waals surface area contributed by atoms with Gasteiger partial charge in [-0.1, -0.05) is 42.1 Å². The Hall–Kier alpha value is -2.71. The van der Waals surface area contributed by atoms with E-state index in [0.29, 0.717) is 16.2 Å². The van der Waals surface area contributed by atoms with E-state index in [-0.39, 0.29) is 11.7 Å². The third-order valence-corrected chi connectivity index (χ3v) is 4.92. The second-order valence-corrected chi connectivity index (χ2v) is 6.93. The molecule has 8 heteroatoms. The quantitative estimate of drug-likeness (QED) is 0.535. The Balaban J connectivity index is 1.43. The van der Waals surface area contributed by atoms with Crippen molar-refractivity contribution in [2.24, 2.45) is 0 Å². The molecule has 0 fully saturated rings. The maximum Gasteiger partial charge on any atom is 0.277 e. The molecule has 0 radical (unpaired) electrons. The molecule has 124 valence electrons. The number of amides is 1. The molecule has 0 spiro atoms. The Labute approximate surface area is 151 Å². The van der Waals surface area contributed by atoms with Gasteiger partial charge in [-0.15, -0.1) is 21.5 Å². The minimum atomic E-state index is -0.162. The molecule has 4 rings (SSSR count). The molecule has 2 heterocycles. The molecule has 0 bridgehead atoms. The van der Waals surface area contributed by atoms with E-state index in [0.717, 1.165) is 16.3 Å². The maximum absolute atomic E-state index is 11.9. The van der Waals surface area contributed by atoms with Gasteiger partial charge in [0.15, 0.2) is 5.13 Å². The van der Waals surface area contributed by atoms with E-state index in [2.05, 4.69) is 26.6 Å². The highest BCUT2D eigenvalue weighted by atomic mass is 32.2. The van der Waals surface area contributed by atoms with Gasteiger partial charge in [0.1, 0.15) is 0 Å². The highest BCUT2D eigenvalue weighted by Crippen LogP contribution is 2.26. The molecule has 0 atom stereocenters. The molecule has 0 saturated carbocycles. The topological polar surface area (TPSA) is 80.9 Å². The molecule has 25 heavy (non-hydrogen) atoms. The van der Waals surface area contributed by atoms with Crippen molar-refractivity contribution in [1.29, 1.82) is 0 Å². The van der Waals surface area contributed by atoms with Gasteiger partial charge in [-0.2, -0.15) is 0 Å². The summed E-state index contributed by atoms with van der Waals surface area (Å²) in [4.78, 5) is 15.9. The molecular weight excluding hydrogens is 356 g/mol. The summed E-state index contributed by atoms with van der Waals surface area (Å²) < 4.78 is 5.65. The summed E-state index contributed by atoms with van der Waals surface area (Å²) in [6.45, 7) is 0.